The highest BCUT2D eigenvalue weighted by atomic mass is 16.3. The van der Waals surface area contributed by atoms with Crippen LogP contribution in [0.2, 0.25) is 0 Å². The Labute approximate surface area is 153 Å². The molecule has 5 aromatic rings. The molecule has 0 fully saturated rings. The van der Waals surface area contributed by atoms with Crippen molar-refractivity contribution in [3.8, 4) is 5.88 Å². The van der Waals surface area contributed by atoms with E-state index in [-0.39, 0.29) is 11.8 Å². The van der Waals surface area contributed by atoms with Gasteiger partial charge in [0.15, 0.2) is 11.3 Å². The molecule has 0 radical (unpaired) electrons. The summed E-state index contributed by atoms with van der Waals surface area (Å²) in [6.45, 7) is 0. The fourth-order valence-corrected chi connectivity index (χ4v) is 3.39. The molecule has 0 aliphatic rings. The first-order valence-electron chi connectivity index (χ1n) is 8.41. The van der Waals surface area contributed by atoms with E-state index in [9.17, 15) is 5.11 Å². The molecule has 27 heavy (non-hydrogen) atoms. The molecule has 0 aliphatic carbocycles. The molecule has 3 heterocycles. The number of fused-ring (bicyclic) bond motifs is 4. The highest BCUT2D eigenvalue weighted by molar-refractivity contribution is 6.04. The van der Waals surface area contributed by atoms with E-state index in [1.165, 1.54) is 0 Å². The van der Waals surface area contributed by atoms with Gasteiger partial charge in [-0.1, -0.05) is 36.4 Å². The maximum absolute atomic E-state index is 10.4. The van der Waals surface area contributed by atoms with Crippen molar-refractivity contribution in [1.82, 2.24) is 24.3 Å². The van der Waals surface area contributed by atoms with Crippen LogP contribution in [0.5, 0.6) is 5.88 Å². The second-order valence-electron chi connectivity index (χ2n) is 6.31. The lowest BCUT2D eigenvalue weighted by molar-refractivity contribution is 0.436. The van der Waals surface area contributed by atoms with Crippen molar-refractivity contribution >= 4 is 44.6 Å². The minimum Gasteiger partial charge on any atom is -0.493 e. The number of aromatic nitrogens is 5. The third kappa shape index (κ3) is 2.20. The molecule has 3 aromatic heterocycles. The lowest BCUT2D eigenvalue weighted by Crippen LogP contribution is -1.92. The molecular weight excluding hydrogens is 342 g/mol. The summed E-state index contributed by atoms with van der Waals surface area (Å²) in [7, 11) is 3.70. The average Bonchev–Trinajstić information content (AvgIpc) is 3.13. The van der Waals surface area contributed by atoms with Gasteiger partial charge in [0, 0.05) is 24.9 Å². The first-order chi connectivity index (χ1) is 13.1. The smallest absolute Gasteiger partial charge is 0.289 e. The summed E-state index contributed by atoms with van der Waals surface area (Å²) >= 11 is 0. The van der Waals surface area contributed by atoms with Crippen LogP contribution in [0, 0.1) is 0 Å². The second-order valence-corrected chi connectivity index (χ2v) is 6.31. The number of azo groups is 1. The van der Waals surface area contributed by atoms with Crippen LogP contribution < -0.4 is 0 Å². The van der Waals surface area contributed by atoms with Gasteiger partial charge in [-0.3, -0.25) is 0 Å². The van der Waals surface area contributed by atoms with Crippen LogP contribution in [0.4, 0.5) is 11.6 Å². The quantitative estimate of drug-likeness (QED) is 0.481. The number of aryl methyl sites for hydroxylation is 2. The van der Waals surface area contributed by atoms with Crippen LogP contribution in [-0.2, 0) is 14.1 Å². The summed E-state index contributed by atoms with van der Waals surface area (Å²) in [5, 5.41) is 28.8. The molecular formula is C19H15N7O. The normalized spacial score (nSPS) is 12.1. The Balaban J connectivity index is 1.64. The van der Waals surface area contributed by atoms with E-state index in [0.29, 0.717) is 11.3 Å². The Morgan fingerprint density at radius 3 is 2.26 bits per heavy atom. The maximum atomic E-state index is 10.4. The van der Waals surface area contributed by atoms with Gasteiger partial charge in [0.2, 0.25) is 5.88 Å². The van der Waals surface area contributed by atoms with Crippen molar-refractivity contribution in [3.63, 3.8) is 0 Å². The Kier molecular flexibility index (Phi) is 3.20. The molecule has 8 heteroatoms. The van der Waals surface area contributed by atoms with Crippen molar-refractivity contribution < 1.29 is 5.11 Å². The lowest BCUT2D eigenvalue weighted by Gasteiger charge is -1.96. The number of hydrogen-bond acceptors (Lipinski definition) is 6. The molecule has 0 amide bonds. The molecule has 0 atom stereocenters. The van der Waals surface area contributed by atoms with Gasteiger partial charge in [-0.2, -0.15) is 4.98 Å². The Morgan fingerprint density at radius 2 is 1.48 bits per heavy atom. The van der Waals surface area contributed by atoms with E-state index >= 15 is 0 Å². The summed E-state index contributed by atoms with van der Waals surface area (Å²) in [5.74, 6) is 0.180. The largest absolute Gasteiger partial charge is 0.493 e. The number of aromatic hydroxyl groups is 1. The second kappa shape index (κ2) is 5.60. The SMILES string of the molecule is Cn1c(O)c(N=Nc2nnc3c4ccccc4n(C)c3n2)c2ccccc21. The van der Waals surface area contributed by atoms with Crippen LogP contribution in [-0.4, -0.2) is 29.4 Å². The van der Waals surface area contributed by atoms with E-state index in [2.05, 4.69) is 25.4 Å². The number of benzene rings is 2. The van der Waals surface area contributed by atoms with E-state index in [1.54, 1.807) is 11.6 Å². The van der Waals surface area contributed by atoms with Gasteiger partial charge in [-0.05, 0) is 12.1 Å². The van der Waals surface area contributed by atoms with Crippen LogP contribution >= 0.6 is 0 Å². The Morgan fingerprint density at radius 1 is 0.815 bits per heavy atom. The van der Waals surface area contributed by atoms with E-state index in [4.69, 9.17) is 0 Å². The summed E-state index contributed by atoms with van der Waals surface area (Å²) in [4.78, 5) is 4.48. The van der Waals surface area contributed by atoms with Gasteiger partial charge in [0.05, 0.1) is 11.0 Å². The van der Waals surface area contributed by atoms with Crippen molar-refractivity contribution in [2.75, 3.05) is 0 Å². The van der Waals surface area contributed by atoms with Gasteiger partial charge in [0.25, 0.3) is 5.95 Å². The van der Waals surface area contributed by atoms with Crippen molar-refractivity contribution in [1.29, 1.82) is 0 Å². The summed E-state index contributed by atoms with van der Waals surface area (Å²) in [6.07, 6.45) is 0. The van der Waals surface area contributed by atoms with Gasteiger partial charge in [0.1, 0.15) is 5.52 Å². The number of nitrogens with zero attached hydrogens (tertiary/aromatic N) is 7. The fraction of sp³-hybridized carbons (Fsp3) is 0.105. The highest BCUT2D eigenvalue weighted by Gasteiger charge is 2.15. The molecule has 0 aliphatic heterocycles. The first kappa shape index (κ1) is 15.4. The van der Waals surface area contributed by atoms with Gasteiger partial charge in [-0.25, -0.2) is 0 Å². The van der Waals surface area contributed by atoms with E-state index in [0.717, 1.165) is 27.3 Å². The predicted octanol–water partition coefficient (Wildman–Crippen LogP) is 4.13. The van der Waals surface area contributed by atoms with Crippen LogP contribution in [0.3, 0.4) is 0 Å². The van der Waals surface area contributed by atoms with Crippen molar-refractivity contribution in [2.45, 2.75) is 0 Å². The number of hydrogen-bond donors (Lipinski definition) is 1. The minimum absolute atomic E-state index is 0.0404. The van der Waals surface area contributed by atoms with Crippen LogP contribution in [0.15, 0.2) is 58.8 Å². The zero-order valence-electron chi connectivity index (χ0n) is 14.7. The minimum atomic E-state index is 0.0404. The molecule has 0 unspecified atom stereocenters. The molecule has 0 spiro atoms. The van der Waals surface area contributed by atoms with E-state index in [1.807, 2.05) is 60.1 Å². The number of rotatable bonds is 2. The van der Waals surface area contributed by atoms with Crippen molar-refractivity contribution in [3.05, 3.63) is 48.5 Å². The van der Waals surface area contributed by atoms with Gasteiger partial charge in [-0.15, -0.1) is 20.4 Å². The fourth-order valence-electron chi connectivity index (χ4n) is 3.39. The molecule has 8 nitrogen and oxygen atoms in total. The summed E-state index contributed by atoms with van der Waals surface area (Å²) in [6, 6.07) is 15.5. The van der Waals surface area contributed by atoms with E-state index < -0.39 is 0 Å². The Bertz CT molecular complexity index is 1360. The standard InChI is InChI=1S/C19H15N7O/c1-25-13-9-5-3-7-11(13)15-17(25)20-19(23-21-15)24-22-16-12-8-4-6-10-14(12)26(2)18(16)27/h3-10,27H,1-2H3. The molecule has 2 aromatic carbocycles. The number of para-hydroxylation sites is 2. The molecule has 132 valence electrons. The highest BCUT2D eigenvalue weighted by Crippen LogP contribution is 2.38. The predicted molar refractivity (Wildman–Crippen MR) is 103 cm³/mol. The zero-order valence-corrected chi connectivity index (χ0v) is 14.7. The summed E-state index contributed by atoms with van der Waals surface area (Å²) in [5.41, 5.74) is 3.68. The molecule has 1 N–H and O–H groups in total. The maximum Gasteiger partial charge on any atom is 0.289 e. The third-order valence-corrected chi connectivity index (χ3v) is 4.78. The molecule has 0 saturated heterocycles. The van der Waals surface area contributed by atoms with Crippen molar-refractivity contribution in [2.24, 2.45) is 24.3 Å². The molecule has 5 rings (SSSR count). The third-order valence-electron chi connectivity index (χ3n) is 4.78. The first-order valence-corrected chi connectivity index (χ1v) is 8.41. The van der Waals surface area contributed by atoms with Crippen LogP contribution in [0.25, 0.3) is 33.0 Å². The lowest BCUT2D eigenvalue weighted by atomic mass is 10.2. The summed E-state index contributed by atoms with van der Waals surface area (Å²) < 4.78 is 3.61. The topological polar surface area (TPSA) is 93.5 Å². The van der Waals surface area contributed by atoms with Crippen LogP contribution in [0.1, 0.15) is 0 Å². The molecule has 0 saturated carbocycles. The van der Waals surface area contributed by atoms with Gasteiger partial charge >= 0.3 is 0 Å². The average molecular weight is 357 g/mol. The molecule has 0 bridgehead atoms. The Hall–Kier alpha value is -3.81. The zero-order chi connectivity index (χ0) is 18.5. The van der Waals surface area contributed by atoms with Gasteiger partial charge < -0.3 is 14.2 Å². The monoisotopic (exact) mass is 357 g/mol.